The van der Waals surface area contributed by atoms with Crippen molar-refractivity contribution < 1.29 is 9.90 Å². The molecule has 2 aromatic rings. The number of amides is 1. The predicted octanol–water partition coefficient (Wildman–Crippen LogP) is 0.709. The largest absolute Gasteiger partial charge is 0.508 e. The van der Waals surface area contributed by atoms with Crippen molar-refractivity contribution in [3.63, 3.8) is 0 Å². The number of benzene rings is 1. The van der Waals surface area contributed by atoms with Crippen LogP contribution in [-0.4, -0.2) is 37.9 Å². The molecule has 1 aromatic carbocycles. The number of hydrogen-bond donors (Lipinski definition) is 2. The lowest BCUT2D eigenvalue weighted by atomic mass is 9.99. The number of H-pyrrole nitrogens is 1. The summed E-state index contributed by atoms with van der Waals surface area (Å²) in [6.45, 7) is 1.15. The van der Waals surface area contributed by atoms with Crippen LogP contribution in [-0.2, 0) is 13.0 Å². The zero-order valence-corrected chi connectivity index (χ0v) is 9.63. The highest BCUT2D eigenvalue weighted by molar-refractivity contribution is 5.92. The number of nitrogens with one attached hydrogen (secondary N) is 1. The quantitative estimate of drug-likeness (QED) is 0.774. The van der Waals surface area contributed by atoms with Gasteiger partial charge in [-0.1, -0.05) is 6.07 Å². The van der Waals surface area contributed by atoms with Gasteiger partial charge in [-0.25, -0.2) is 0 Å². The zero-order chi connectivity index (χ0) is 12.5. The van der Waals surface area contributed by atoms with Gasteiger partial charge in [0, 0.05) is 13.1 Å². The fourth-order valence-electron chi connectivity index (χ4n) is 2.18. The third-order valence-corrected chi connectivity index (χ3v) is 3.12. The Morgan fingerprint density at radius 3 is 3.06 bits per heavy atom. The van der Waals surface area contributed by atoms with Gasteiger partial charge in [-0.05, 0) is 29.7 Å². The normalized spacial score (nSPS) is 14.3. The van der Waals surface area contributed by atoms with Crippen LogP contribution in [0.4, 0.5) is 0 Å². The molecule has 0 radical (unpaired) electrons. The van der Waals surface area contributed by atoms with Gasteiger partial charge >= 0.3 is 0 Å². The Balaban J connectivity index is 1.84. The van der Waals surface area contributed by atoms with Gasteiger partial charge < -0.3 is 10.0 Å². The molecule has 2 N–H and O–H groups in total. The second-order valence-electron chi connectivity index (χ2n) is 4.28. The number of phenolic OH excluding ortho intramolecular Hbond substituents is 1. The fraction of sp³-hybridized carbons (Fsp3) is 0.250. The molecule has 0 spiro atoms. The van der Waals surface area contributed by atoms with E-state index in [2.05, 4.69) is 15.4 Å². The van der Waals surface area contributed by atoms with E-state index in [1.807, 2.05) is 6.07 Å². The second-order valence-corrected chi connectivity index (χ2v) is 4.28. The molecule has 0 unspecified atom stereocenters. The molecular formula is C12H12N4O2. The van der Waals surface area contributed by atoms with E-state index >= 15 is 0 Å². The molecule has 1 aromatic heterocycles. The minimum atomic E-state index is -0.141. The van der Waals surface area contributed by atoms with Crippen molar-refractivity contribution in [3.05, 3.63) is 41.2 Å². The first kappa shape index (κ1) is 10.8. The third kappa shape index (κ3) is 1.81. The van der Waals surface area contributed by atoms with E-state index in [1.165, 1.54) is 11.8 Å². The van der Waals surface area contributed by atoms with Crippen LogP contribution < -0.4 is 0 Å². The Labute approximate surface area is 103 Å². The number of carbonyl (C=O) groups excluding carboxylic acids is 1. The minimum absolute atomic E-state index is 0.141. The summed E-state index contributed by atoms with van der Waals surface area (Å²) >= 11 is 0. The highest BCUT2D eigenvalue weighted by Crippen LogP contribution is 2.23. The lowest BCUT2D eigenvalue weighted by Crippen LogP contribution is -2.36. The summed E-state index contributed by atoms with van der Waals surface area (Å²) in [6, 6.07) is 5.29. The van der Waals surface area contributed by atoms with Gasteiger partial charge in [-0.3, -0.25) is 4.79 Å². The maximum absolute atomic E-state index is 12.1. The summed E-state index contributed by atoms with van der Waals surface area (Å²) in [6.07, 6.45) is 2.21. The monoisotopic (exact) mass is 244 g/mol. The van der Waals surface area contributed by atoms with Crippen LogP contribution in [0.3, 0.4) is 0 Å². The number of hydrogen-bond acceptors (Lipinski definition) is 4. The summed E-state index contributed by atoms with van der Waals surface area (Å²) in [7, 11) is 0. The van der Waals surface area contributed by atoms with Gasteiger partial charge in [0.15, 0.2) is 5.69 Å². The standard InChI is InChI=1S/C12H12N4O2/c17-10-2-1-8-3-4-16(7-9(8)5-10)12(18)11-6-13-15-14-11/h1-2,5-6,17H,3-4,7H2,(H,13,14,15). The number of carbonyl (C=O) groups is 1. The molecule has 0 atom stereocenters. The Morgan fingerprint density at radius 2 is 2.28 bits per heavy atom. The van der Waals surface area contributed by atoms with Gasteiger partial charge in [-0.2, -0.15) is 15.4 Å². The topological polar surface area (TPSA) is 82.1 Å². The van der Waals surface area contributed by atoms with E-state index in [0.717, 1.165) is 12.0 Å². The molecule has 1 aliphatic heterocycles. The predicted molar refractivity (Wildman–Crippen MR) is 62.9 cm³/mol. The zero-order valence-electron chi connectivity index (χ0n) is 9.63. The van der Waals surface area contributed by atoms with Crippen molar-refractivity contribution in [1.82, 2.24) is 20.3 Å². The molecule has 18 heavy (non-hydrogen) atoms. The van der Waals surface area contributed by atoms with Crippen LogP contribution >= 0.6 is 0 Å². The van der Waals surface area contributed by atoms with E-state index in [9.17, 15) is 9.90 Å². The van der Waals surface area contributed by atoms with Crippen molar-refractivity contribution in [2.75, 3.05) is 6.54 Å². The maximum atomic E-state index is 12.1. The number of rotatable bonds is 1. The third-order valence-electron chi connectivity index (χ3n) is 3.12. The van der Waals surface area contributed by atoms with Crippen molar-refractivity contribution in [2.45, 2.75) is 13.0 Å². The van der Waals surface area contributed by atoms with Crippen molar-refractivity contribution in [2.24, 2.45) is 0 Å². The molecular weight excluding hydrogens is 232 g/mol. The molecule has 0 saturated heterocycles. The first-order valence-corrected chi connectivity index (χ1v) is 5.70. The first-order valence-electron chi connectivity index (χ1n) is 5.70. The van der Waals surface area contributed by atoms with Crippen LogP contribution in [0.15, 0.2) is 24.4 Å². The fourth-order valence-corrected chi connectivity index (χ4v) is 2.18. The Kier molecular flexibility index (Phi) is 2.47. The number of aromatic amines is 1. The SMILES string of the molecule is O=C(c1cn[nH]n1)N1CCc2ccc(O)cc2C1. The molecule has 92 valence electrons. The van der Waals surface area contributed by atoms with Crippen LogP contribution in [0.1, 0.15) is 21.6 Å². The van der Waals surface area contributed by atoms with Crippen molar-refractivity contribution >= 4 is 5.91 Å². The van der Waals surface area contributed by atoms with Gasteiger partial charge in [0.25, 0.3) is 5.91 Å². The second kappa shape index (κ2) is 4.14. The number of fused-ring (bicyclic) bond motifs is 1. The highest BCUT2D eigenvalue weighted by Gasteiger charge is 2.23. The van der Waals surface area contributed by atoms with Gasteiger partial charge in [0.1, 0.15) is 5.75 Å². The molecule has 1 amide bonds. The van der Waals surface area contributed by atoms with Crippen molar-refractivity contribution in [1.29, 1.82) is 0 Å². The highest BCUT2D eigenvalue weighted by atomic mass is 16.3. The Hall–Kier alpha value is -2.37. The molecule has 6 nitrogen and oxygen atoms in total. The molecule has 6 heteroatoms. The molecule has 3 rings (SSSR count). The summed E-state index contributed by atoms with van der Waals surface area (Å²) in [5.41, 5.74) is 2.48. The molecule has 2 heterocycles. The Bertz CT molecular complexity index is 580. The van der Waals surface area contributed by atoms with E-state index in [-0.39, 0.29) is 11.7 Å². The van der Waals surface area contributed by atoms with Crippen molar-refractivity contribution in [3.8, 4) is 5.75 Å². The maximum Gasteiger partial charge on any atom is 0.276 e. The summed E-state index contributed by atoms with van der Waals surface area (Å²) < 4.78 is 0. The molecule has 0 saturated carbocycles. The van der Waals surface area contributed by atoms with Crippen LogP contribution in [0.5, 0.6) is 5.75 Å². The first-order chi connectivity index (χ1) is 8.74. The van der Waals surface area contributed by atoms with Crippen LogP contribution in [0.25, 0.3) is 0 Å². The lowest BCUT2D eigenvalue weighted by Gasteiger charge is -2.28. The summed E-state index contributed by atoms with van der Waals surface area (Å²) in [5.74, 6) is 0.0854. The van der Waals surface area contributed by atoms with E-state index in [4.69, 9.17) is 0 Å². The number of aromatic hydroxyl groups is 1. The minimum Gasteiger partial charge on any atom is -0.508 e. The number of phenols is 1. The Morgan fingerprint density at radius 1 is 1.39 bits per heavy atom. The number of nitrogens with zero attached hydrogens (tertiary/aromatic N) is 3. The molecule has 1 aliphatic rings. The number of aromatic nitrogens is 3. The van der Waals surface area contributed by atoms with E-state index in [0.29, 0.717) is 18.8 Å². The smallest absolute Gasteiger partial charge is 0.276 e. The van der Waals surface area contributed by atoms with Crippen LogP contribution in [0.2, 0.25) is 0 Å². The average Bonchev–Trinajstić information content (AvgIpc) is 2.90. The van der Waals surface area contributed by atoms with Gasteiger partial charge in [0.2, 0.25) is 0 Å². The lowest BCUT2D eigenvalue weighted by molar-refractivity contribution is 0.0728. The van der Waals surface area contributed by atoms with Crippen LogP contribution in [0, 0.1) is 0 Å². The molecule has 0 fully saturated rings. The van der Waals surface area contributed by atoms with Gasteiger partial charge in [-0.15, -0.1) is 0 Å². The summed E-state index contributed by atoms with van der Waals surface area (Å²) in [5, 5.41) is 19.3. The molecule has 0 bridgehead atoms. The average molecular weight is 244 g/mol. The molecule has 0 aliphatic carbocycles. The summed E-state index contributed by atoms with van der Waals surface area (Å²) in [4.78, 5) is 13.8. The van der Waals surface area contributed by atoms with E-state index < -0.39 is 0 Å². The van der Waals surface area contributed by atoms with Gasteiger partial charge in [0.05, 0.1) is 6.20 Å². The van der Waals surface area contributed by atoms with E-state index in [1.54, 1.807) is 17.0 Å².